The van der Waals surface area contributed by atoms with Crippen molar-refractivity contribution in [2.45, 2.75) is 24.2 Å². The van der Waals surface area contributed by atoms with Crippen molar-refractivity contribution < 1.29 is 17.6 Å². The standard InChI is InChI=1S/C21H20ClN3O4S2/c22-17-8-4-7-16(11-17)20-23-24-21(29-20)30-13-19(26)25(12-15-5-2-1-3-6-15)18-9-10-31(27,28)14-18/h1-8,11,18H,9-10,12-14H2/t18-/m0/s1. The number of aromatic nitrogens is 2. The number of rotatable bonds is 7. The van der Waals surface area contributed by atoms with Crippen LogP contribution in [0, 0.1) is 0 Å². The maximum atomic E-state index is 13.0. The van der Waals surface area contributed by atoms with Crippen LogP contribution in [0.1, 0.15) is 12.0 Å². The highest BCUT2D eigenvalue weighted by atomic mass is 35.5. The molecule has 2 aromatic carbocycles. The zero-order valence-electron chi connectivity index (χ0n) is 16.5. The molecule has 0 aliphatic carbocycles. The van der Waals surface area contributed by atoms with E-state index in [1.54, 1.807) is 29.2 Å². The van der Waals surface area contributed by atoms with Gasteiger partial charge in [-0.1, -0.05) is 59.8 Å². The predicted octanol–water partition coefficient (Wildman–Crippen LogP) is 3.70. The summed E-state index contributed by atoms with van der Waals surface area (Å²) in [4.78, 5) is 14.7. The van der Waals surface area contributed by atoms with E-state index >= 15 is 0 Å². The number of amides is 1. The molecular weight excluding hydrogens is 458 g/mol. The summed E-state index contributed by atoms with van der Waals surface area (Å²) in [7, 11) is -3.12. The molecule has 0 unspecified atom stereocenters. The number of carbonyl (C=O) groups is 1. The van der Waals surface area contributed by atoms with Crippen molar-refractivity contribution in [2.24, 2.45) is 0 Å². The number of halogens is 1. The first kappa shape index (κ1) is 21.9. The van der Waals surface area contributed by atoms with Crippen LogP contribution < -0.4 is 0 Å². The Morgan fingerprint density at radius 2 is 1.97 bits per heavy atom. The predicted molar refractivity (Wildman–Crippen MR) is 120 cm³/mol. The molecule has 1 aliphatic heterocycles. The van der Waals surface area contributed by atoms with E-state index in [2.05, 4.69) is 10.2 Å². The van der Waals surface area contributed by atoms with Gasteiger partial charge in [-0.3, -0.25) is 4.79 Å². The zero-order chi connectivity index (χ0) is 21.8. The summed E-state index contributed by atoms with van der Waals surface area (Å²) >= 11 is 7.13. The molecule has 0 radical (unpaired) electrons. The van der Waals surface area contributed by atoms with E-state index in [4.69, 9.17) is 16.0 Å². The number of nitrogens with zero attached hydrogens (tertiary/aromatic N) is 3. The fraction of sp³-hybridized carbons (Fsp3) is 0.286. The molecular formula is C21H20ClN3O4S2. The van der Waals surface area contributed by atoms with Gasteiger partial charge < -0.3 is 9.32 Å². The van der Waals surface area contributed by atoms with Crippen LogP contribution in [0.4, 0.5) is 0 Å². The van der Waals surface area contributed by atoms with Gasteiger partial charge in [0.25, 0.3) is 5.22 Å². The Bertz CT molecular complexity index is 1170. The molecule has 1 amide bonds. The van der Waals surface area contributed by atoms with Gasteiger partial charge in [0.1, 0.15) is 0 Å². The lowest BCUT2D eigenvalue weighted by atomic mass is 10.1. The van der Waals surface area contributed by atoms with Crippen LogP contribution in [0.5, 0.6) is 0 Å². The van der Waals surface area contributed by atoms with Crippen molar-refractivity contribution in [3.63, 3.8) is 0 Å². The molecule has 10 heteroatoms. The fourth-order valence-corrected chi connectivity index (χ4v) is 6.01. The third-order valence-electron chi connectivity index (χ3n) is 4.96. The molecule has 1 fully saturated rings. The van der Waals surface area contributed by atoms with Crippen LogP contribution in [0.3, 0.4) is 0 Å². The van der Waals surface area contributed by atoms with E-state index in [0.717, 1.165) is 17.3 Å². The average molecular weight is 478 g/mol. The highest BCUT2D eigenvalue weighted by molar-refractivity contribution is 7.99. The van der Waals surface area contributed by atoms with Crippen molar-refractivity contribution in [1.29, 1.82) is 0 Å². The summed E-state index contributed by atoms with van der Waals surface area (Å²) in [6.07, 6.45) is 0.449. The van der Waals surface area contributed by atoms with Crippen molar-refractivity contribution >= 4 is 39.1 Å². The van der Waals surface area contributed by atoms with Gasteiger partial charge >= 0.3 is 0 Å². The van der Waals surface area contributed by atoms with E-state index in [1.807, 2.05) is 30.3 Å². The third kappa shape index (κ3) is 5.66. The second kappa shape index (κ2) is 9.42. The smallest absolute Gasteiger partial charge is 0.277 e. The molecule has 0 spiro atoms. The summed E-state index contributed by atoms with van der Waals surface area (Å²) in [5.41, 5.74) is 1.64. The Hall–Kier alpha value is -2.36. The Kier molecular flexibility index (Phi) is 6.64. The van der Waals surface area contributed by atoms with Crippen molar-refractivity contribution in [2.75, 3.05) is 17.3 Å². The molecule has 31 heavy (non-hydrogen) atoms. The Morgan fingerprint density at radius 1 is 1.16 bits per heavy atom. The summed E-state index contributed by atoms with van der Waals surface area (Å²) in [5.74, 6) is 0.325. The molecule has 1 saturated heterocycles. The summed E-state index contributed by atoms with van der Waals surface area (Å²) in [6, 6.07) is 16.3. The minimum atomic E-state index is -3.12. The normalized spacial score (nSPS) is 17.5. The van der Waals surface area contributed by atoms with Gasteiger partial charge in [-0.15, -0.1) is 10.2 Å². The maximum Gasteiger partial charge on any atom is 0.277 e. The molecule has 1 atom stereocenters. The maximum absolute atomic E-state index is 13.0. The minimum absolute atomic E-state index is 0.00425. The van der Waals surface area contributed by atoms with E-state index < -0.39 is 9.84 Å². The highest BCUT2D eigenvalue weighted by Crippen LogP contribution is 2.26. The SMILES string of the molecule is O=C(CSc1nnc(-c2cccc(Cl)c2)o1)N(Cc1ccccc1)[C@H]1CCS(=O)(=O)C1. The van der Waals surface area contributed by atoms with Gasteiger partial charge in [0.2, 0.25) is 11.8 Å². The lowest BCUT2D eigenvalue weighted by molar-refractivity contribution is -0.130. The van der Waals surface area contributed by atoms with Crippen LogP contribution in [0.2, 0.25) is 5.02 Å². The van der Waals surface area contributed by atoms with E-state index in [0.29, 0.717) is 29.4 Å². The molecule has 0 bridgehead atoms. The fourth-order valence-electron chi connectivity index (χ4n) is 3.43. The van der Waals surface area contributed by atoms with Gasteiger partial charge in [-0.05, 0) is 30.2 Å². The first-order valence-corrected chi connectivity index (χ1v) is 12.8. The minimum Gasteiger partial charge on any atom is -0.411 e. The molecule has 0 N–H and O–H groups in total. The molecule has 7 nitrogen and oxygen atoms in total. The largest absolute Gasteiger partial charge is 0.411 e. The van der Waals surface area contributed by atoms with E-state index in [9.17, 15) is 13.2 Å². The van der Waals surface area contributed by atoms with Gasteiger partial charge in [0.05, 0.1) is 17.3 Å². The number of hydrogen-bond acceptors (Lipinski definition) is 7. The number of carbonyl (C=O) groups excluding carboxylic acids is 1. The highest BCUT2D eigenvalue weighted by Gasteiger charge is 2.34. The van der Waals surface area contributed by atoms with Gasteiger partial charge in [-0.25, -0.2) is 8.42 Å². The first-order chi connectivity index (χ1) is 14.9. The monoisotopic (exact) mass is 477 g/mol. The first-order valence-electron chi connectivity index (χ1n) is 9.66. The molecule has 3 aromatic rings. The molecule has 4 rings (SSSR count). The number of thioether (sulfide) groups is 1. The summed E-state index contributed by atoms with van der Waals surface area (Å²) < 4.78 is 29.6. The summed E-state index contributed by atoms with van der Waals surface area (Å²) in [6.45, 7) is 0.359. The van der Waals surface area contributed by atoms with Gasteiger partial charge in [-0.2, -0.15) is 0 Å². The van der Waals surface area contributed by atoms with E-state index in [1.165, 1.54) is 0 Å². The second-order valence-corrected chi connectivity index (χ2v) is 10.8. The van der Waals surface area contributed by atoms with Crippen LogP contribution >= 0.6 is 23.4 Å². The lowest BCUT2D eigenvalue weighted by Crippen LogP contribution is -2.41. The molecule has 2 heterocycles. The summed E-state index contributed by atoms with van der Waals surface area (Å²) in [5, 5.41) is 8.83. The average Bonchev–Trinajstić information content (AvgIpc) is 3.37. The van der Waals surface area contributed by atoms with Gasteiger partial charge in [0, 0.05) is 23.2 Å². The Morgan fingerprint density at radius 3 is 2.68 bits per heavy atom. The quantitative estimate of drug-likeness (QED) is 0.479. The van der Waals surface area contributed by atoms with Crippen molar-refractivity contribution in [3.8, 4) is 11.5 Å². The van der Waals surface area contributed by atoms with Crippen LogP contribution in [-0.2, 0) is 21.2 Å². The number of sulfone groups is 1. The van der Waals surface area contributed by atoms with Gasteiger partial charge in [0.15, 0.2) is 9.84 Å². The number of benzene rings is 2. The Balaban J connectivity index is 1.45. The molecule has 0 saturated carbocycles. The lowest BCUT2D eigenvalue weighted by Gasteiger charge is -2.28. The molecule has 1 aromatic heterocycles. The van der Waals surface area contributed by atoms with E-state index in [-0.39, 0.29) is 34.4 Å². The topological polar surface area (TPSA) is 93.4 Å². The second-order valence-electron chi connectivity index (χ2n) is 7.24. The van der Waals surface area contributed by atoms with Crippen molar-refractivity contribution in [3.05, 3.63) is 65.2 Å². The van der Waals surface area contributed by atoms with Crippen LogP contribution in [0.15, 0.2) is 64.2 Å². The van der Waals surface area contributed by atoms with Crippen LogP contribution in [0.25, 0.3) is 11.5 Å². The molecule has 1 aliphatic rings. The molecule has 162 valence electrons. The third-order valence-corrected chi connectivity index (χ3v) is 7.75. The van der Waals surface area contributed by atoms with Crippen molar-refractivity contribution in [1.82, 2.24) is 15.1 Å². The van der Waals surface area contributed by atoms with Crippen LogP contribution in [-0.4, -0.2) is 52.7 Å². The Labute approximate surface area is 189 Å². The zero-order valence-corrected chi connectivity index (χ0v) is 18.9. The number of hydrogen-bond donors (Lipinski definition) is 0.